The molecule has 2 aliphatic rings. The molecule has 0 aromatic rings. The third-order valence-electron chi connectivity index (χ3n) is 5.31. The van der Waals surface area contributed by atoms with Crippen molar-refractivity contribution in [3.63, 3.8) is 0 Å². The molecule has 0 spiro atoms. The Labute approximate surface area is 107 Å². The smallest absolute Gasteiger partial charge is 0.0682 e. The van der Waals surface area contributed by atoms with Crippen LogP contribution in [0.1, 0.15) is 64.2 Å². The predicted molar refractivity (Wildman–Crippen MR) is 74.0 cm³/mol. The van der Waals surface area contributed by atoms with E-state index in [1.807, 2.05) is 0 Å². The second kappa shape index (κ2) is 6.19. The van der Waals surface area contributed by atoms with Gasteiger partial charge in [-0.1, -0.05) is 32.1 Å². The normalized spacial score (nSPS) is 27.2. The van der Waals surface area contributed by atoms with Crippen molar-refractivity contribution in [2.75, 3.05) is 14.1 Å². The van der Waals surface area contributed by atoms with E-state index in [0.29, 0.717) is 0 Å². The first kappa shape index (κ1) is 13.4. The number of hydrogen-bond acceptors (Lipinski definition) is 2. The van der Waals surface area contributed by atoms with E-state index in [0.717, 1.165) is 11.8 Å². The highest BCUT2D eigenvalue weighted by molar-refractivity contribution is 4.89. The lowest BCUT2D eigenvalue weighted by Crippen LogP contribution is -2.55. The Bertz CT molecular complexity index is 207. The van der Waals surface area contributed by atoms with E-state index >= 15 is 0 Å². The van der Waals surface area contributed by atoms with Crippen molar-refractivity contribution >= 4 is 0 Å². The summed E-state index contributed by atoms with van der Waals surface area (Å²) >= 11 is 0. The highest BCUT2D eigenvalue weighted by Crippen LogP contribution is 2.37. The predicted octanol–water partition coefficient (Wildman–Crippen LogP) is 3.28. The lowest BCUT2D eigenvalue weighted by molar-refractivity contribution is 0.146. The highest BCUT2D eigenvalue weighted by Gasteiger charge is 2.33. The molecule has 0 aromatic carbocycles. The quantitative estimate of drug-likeness (QED) is 0.735. The molecule has 0 aliphatic heterocycles. The summed E-state index contributed by atoms with van der Waals surface area (Å²) < 4.78 is 0. The van der Waals surface area contributed by atoms with Crippen LogP contribution in [0.5, 0.6) is 0 Å². The zero-order valence-electron chi connectivity index (χ0n) is 11.7. The summed E-state index contributed by atoms with van der Waals surface area (Å²) in [7, 11) is 4.19. The van der Waals surface area contributed by atoms with Crippen molar-refractivity contribution in [2.24, 2.45) is 11.8 Å². The van der Waals surface area contributed by atoms with Crippen LogP contribution in [0.15, 0.2) is 0 Å². The molecule has 2 heteroatoms. The van der Waals surface area contributed by atoms with Gasteiger partial charge in [-0.3, -0.25) is 0 Å². The van der Waals surface area contributed by atoms with Gasteiger partial charge in [0.05, 0.1) is 5.66 Å². The minimum atomic E-state index is 0.239. The van der Waals surface area contributed by atoms with E-state index < -0.39 is 0 Å². The largest absolute Gasteiger partial charge is 0.302 e. The van der Waals surface area contributed by atoms with Crippen molar-refractivity contribution in [1.29, 1.82) is 0 Å². The lowest BCUT2D eigenvalue weighted by atomic mass is 9.75. The van der Waals surface area contributed by atoms with Crippen LogP contribution in [-0.2, 0) is 0 Å². The molecule has 2 nitrogen and oxygen atoms in total. The molecule has 2 fully saturated rings. The molecular formula is C15H30N2. The van der Waals surface area contributed by atoms with Gasteiger partial charge in [0.1, 0.15) is 0 Å². The van der Waals surface area contributed by atoms with Crippen LogP contribution in [0.3, 0.4) is 0 Å². The monoisotopic (exact) mass is 238 g/mol. The van der Waals surface area contributed by atoms with Gasteiger partial charge in [0.15, 0.2) is 0 Å². The number of hydrogen-bond donors (Lipinski definition) is 2. The first-order chi connectivity index (χ1) is 8.28. The lowest BCUT2D eigenvalue weighted by Gasteiger charge is -2.41. The Kier molecular flexibility index (Phi) is 4.87. The summed E-state index contributed by atoms with van der Waals surface area (Å²) in [6.07, 6.45) is 14.5. The van der Waals surface area contributed by atoms with Gasteiger partial charge >= 0.3 is 0 Å². The van der Waals surface area contributed by atoms with E-state index in [-0.39, 0.29) is 5.66 Å². The average Bonchev–Trinajstić information content (AvgIpc) is 2.41. The van der Waals surface area contributed by atoms with E-state index in [1.165, 1.54) is 64.2 Å². The molecule has 2 saturated carbocycles. The van der Waals surface area contributed by atoms with Crippen LogP contribution in [0.2, 0.25) is 0 Å². The molecule has 17 heavy (non-hydrogen) atoms. The van der Waals surface area contributed by atoms with Gasteiger partial charge in [0.2, 0.25) is 0 Å². The van der Waals surface area contributed by atoms with Gasteiger partial charge in [-0.25, -0.2) is 0 Å². The fraction of sp³-hybridized carbons (Fsp3) is 1.00. The molecule has 0 atom stereocenters. The van der Waals surface area contributed by atoms with Crippen molar-refractivity contribution in [3.05, 3.63) is 0 Å². The Morgan fingerprint density at radius 3 is 1.88 bits per heavy atom. The van der Waals surface area contributed by atoms with Crippen LogP contribution in [0.4, 0.5) is 0 Å². The molecule has 0 bridgehead atoms. The summed E-state index contributed by atoms with van der Waals surface area (Å²) in [6, 6.07) is 0. The highest BCUT2D eigenvalue weighted by atomic mass is 15.2. The Morgan fingerprint density at radius 1 is 0.824 bits per heavy atom. The van der Waals surface area contributed by atoms with Crippen molar-refractivity contribution in [1.82, 2.24) is 10.6 Å². The second-order valence-corrected chi connectivity index (χ2v) is 6.27. The van der Waals surface area contributed by atoms with Gasteiger partial charge in [-0.05, 0) is 58.0 Å². The molecule has 2 rings (SSSR count). The second-order valence-electron chi connectivity index (χ2n) is 6.27. The Balaban J connectivity index is 1.74. The SMILES string of the molecule is CNC1(NC)CCC(CC2CCCCC2)CC1. The van der Waals surface area contributed by atoms with Gasteiger partial charge in [-0.15, -0.1) is 0 Å². The Hall–Kier alpha value is -0.0800. The van der Waals surface area contributed by atoms with Crippen LogP contribution < -0.4 is 10.6 Å². The molecule has 0 radical (unpaired) electrons. The van der Waals surface area contributed by atoms with Gasteiger partial charge in [0, 0.05) is 0 Å². The zero-order chi connectivity index (χ0) is 12.1. The third kappa shape index (κ3) is 3.45. The molecular weight excluding hydrogens is 208 g/mol. The number of nitrogens with one attached hydrogen (secondary N) is 2. The van der Waals surface area contributed by atoms with Crippen LogP contribution in [-0.4, -0.2) is 19.8 Å². The zero-order valence-corrected chi connectivity index (χ0v) is 11.7. The minimum Gasteiger partial charge on any atom is -0.302 e. The van der Waals surface area contributed by atoms with Crippen LogP contribution in [0, 0.1) is 11.8 Å². The molecule has 2 N–H and O–H groups in total. The molecule has 0 heterocycles. The van der Waals surface area contributed by atoms with E-state index in [4.69, 9.17) is 0 Å². The van der Waals surface area contributed by atoms with Gasteiger partial charge in [-0.2, -0.15) is 0 Å². The van der Waals surface area contributed by atoms with E-state index in [9.17, 15) is 0 Å². The van der Waals surface area contributed by atoms with E-state index in [1.54, 1.807) is 0 Å². The third-order valence-corrected chi connectivity index (χ3v) is 5.31. The molecule has 0 saturated heterocycles. The summed E-state index contributed by atoms with van der Waals surface area (Å²) in [5, 5.41) is 6.96. The molecule has 0 aromatic heterocycles. The Morgan fingerprint density at radius 2 is 1.35 bits per heavy atom. The molecule has 2 aliphatic carbocycles. The standard InChI is InChI=1S/C15H30N2/c1-16-15(17-2)10-8-14(9-11-15)12-13-6-4-3-5-7-13/h13-14,16-17H,3-12H2,1-2H3. The van der Waals surface area contributed by atoms with Crippen LogP contribution in [0.25, 0.3) is 0 Å². The summed E-state index contributed by atoms with van der Waals surface area (Å²) in [5.74, 6) is 2.07. The summed E-state index contributed by atoms with van der Waals surface area (Å²) in [5.41, 5.74) is 0.239. The van der Waals surface area contributed by atoms with Crippen molar-refractivity contribution in [3.8, 4) is 0 Å². The average molecular weight is 238 g/mol. The maximum atomic E-state index is 3.48. The maximum absolute atomic E-state index is 3.48. The molecule has 0 amide bonds. The van der Waals surface area contributed by atoms with Gasteiger partial charge in [0.25, 0.3) is 0 Å². The van der Waals surface area contributed by atoms with Gasteiger partial charge < -0.3 is 10.6 Å². The maximum Gasteiger partial charge on any atom is 0.0682 e. The topological polar surface area (TPSA) is 24.1 Å². The summed E-state index contributed by atoms with van der Waals surface area (Å²) in [6.45, 7) is 0. The first-order valence-corrected chi connectivity index (χ1v) is 7.66. The fourth-order valence-corrected chi connectivity index (χ4v) is 3.93. The fourth-order valence-electron chi connectivity index (χ4n) is 3.93. The minimum absolute atomic E-state index is 0.239. The summed E-state index contributed by atoms with van der Waals surface area (Å²) in [4.78, 5) is 0. The number of rotatable bonds is 4. The van der Waals surface area contributed by atoms with Crippen molar-refractivity contribution < 1.29 is 0 Å². The first-order valence-electron chi connectivity index (χ1n) is 7.66. The van der Waals surface area contributed by atoms with E-state index in [2.05, 4.69) is 24.7 Å². The molecule has 100 valence electrons. The van der Waals surface area contributed by atoms with Crippen LogP contribution >= 0.6 is 0 Å². The van der Waals surface area contributed by atoms with Crippen molar-refractivity contribution in [2.45, 2.75) is 69.9 Å². The molecule has 0 unspecified atom stereocenters.